The van der Waals surface area contributed by atoms with E-state index < -0.39 is 5.97 Å². The number of nitrogen functional groups attached to an aromatic ring is 1. The molecule has 0 saturated heterocycles. The van der Waals surface area contributed by atoms with Crippen LogP contribution in [0.1, 0.15) is 33.3 Å². The Morgan fingerprint density at radius 2 is 2.19 bits per heavy atom. The molecule has 0 bridgehead atoms. The summed E-state index contributed by atoms with van der Waals surface area (Å²) in [7, 11) is 0. The summed E-state index contributed by atoms with van der Waals surface area (Å²) in [6, 6.07) is 9.76. The predicted molar refractivity (Wildman–Crippen MR) is 103 cm³/mol. The summed E-state index contributed by atoms with van der Waals surface area (Å²) < 4.78 is 10.8. The van der Waals surface area contributed by atoms with Crippen molar-refractivity contribution in [3.63, 3.8) is 0 Å². The monoisotopic (exact) mass is 400 g/mol. The third-order valence-electron chi connectivity index (χ3n) is 3.73. The Morgan fingerprint density at radius 3 is 2.89 bits per heavy atom. The van der Waals surface area contributed by atoms with E-state index in [1.54, 1.807) is 6.92 Å². The van der Waals surface area contributed by atoms with Crippen LogP contribution in [-0.4, -0.2) is 22.8 Å². The van der Waals surface area contributed by atoms with Gasteiger partial charge in [-0.15, -0.1) is 21.5 Å². The molecule has 0 unspecified atom stereocenters. The molecule has 0 amide bonds. The summed E-state index contributed by atoms with van der Waals surface area (Å²) in [5.41, 5.74) is 8.58. The third kappa shape index (κ3) is 3.97. The van der Waals surface area contributed by atoms with Gasteiger partial charge in [-0.05, 0) is 25.5 Å². The van der Waals surface area contributed by atoms with Crippen LogP contribution in [0.25, 0.3) is 11.5 Å². The quantitative estimate of drug-likeness (QED) is 0.487. The molecule has 0 atom stereocenters. The first kappa shape index (κ1) is 18.9. The van der Waals surface area contributed by atoms with Crippen LogP contribution in [0, 0.1) is 18.3 Å². The van der Waals surface area contributed by atoms with Gasteiger partial charge in [0.25, 0.3) is 5.22 Å². The van der Waals surface area contributed by atoms with Crippen molar-refractivity contribution in [1.29, 1.82) is 5.26 Å². The van der Waals surface area contributed by atoms with Crippen LogP contribution < -0.4 is 5.73 Å². The second-order valence-electron chi connectivity index (χ2n) is 5.46. The number of esters is 1. The van der Waals surface area contributed by atoms with E-state index in [-0.39, 0.29) is 12.2 Å². The topological polar surface area (TPSA) is 115 Å². The molecular weight excluding hydrogens is 384 g/mol. The first-order chi connectivity index (χ1) is 13.0. The molecule has 0 spiro atoms. The van der Waals surface area contributed by atoms with Crippen molar-refractivity contribution in [1.82, 2.24) is 10.2 Å². The number of benzene rings is 1. The lowest BCUT2D eigenvalue weighted by Crippen LogP contribution is -2.05. The summed E-state index contributed by atoms with van der Waals surface area (Å²) >= 11 is 2.29. The predicted octanol–water partition coefficient (Wildman–Crippen LogP) is 4.03. The van der Waals surface area contributed by atoms with E-state index in [9.17, 15) is 10.1 Å². The standard InChI is InChI=1S/C18H16N4O3S2/c1-3-24-17(23)14-13(12(8-19)15(20)27-14)9-26-18-22-21-16(25-18)11-7-5-4-6-10(11)2/h4-7H,3,9,20H2,1-2H3. The van der Waals surface area contributed by atoms with E-state index in [4.69, 9.17) is 14.9 Å². The number of thiophene rings is 1. The van der Waals surface area contributed by atoms with Crippen molar-refractivity contribution in [2.24, 2.45) is 0 Å². The second-order valence-corrected chi connectivity index (χ2v) is 7.44. The molecule has 0 aliphatic rings. The number of anilines is 1. The zero-order valence-corrected chi connectivity index (χ0v) is 16.3. The van der Waals surface area contributed by atoms with Crippen molar-refractivity contribution in [2.75, 3.05) is 12.3 Å². The van der Waals surface area contributed by atoms with Crippen molar-refractivity contribution in [3.05, 3.63) is 45.8 Å². The summed E-state index contributed by atoms with van der Waals surface area (Å²) in [6.07, 6.45) is 0. The molecule has 138 valence electrons. The van der Waals surface area contributed by atoms with E-state index in [1.807, 2.05) is 31.2 Å². The molecule has 3 aromatic rings. The smallest absolute Gasteiger partial charge is 0.348 e. The molecule has 0 saturated carbocycles. The fourth-order valence-electron chi connectivity index (χ4n) is 2.43. The number of nitrogens with two attached hydrogens (primary N) is 1. The number of hydrogen-bond donors (Lipinski definition) is 1. The van der Waals surface area contributed by atoms with Gasteiger partial charge in [0.2, 0.25) is 5.89 Å². The van der Waals surface area contributed by atoms with E-state index in [2.05, 4.69) is 16.3 Å². The van der Waals surface area contributed by atoms with Gasteiger partial charge in [-0.25, -0.2) is 4.79 Å². The van der Waals surface area contributed by atoms with Crippen LogP contribution in [0.15, 0.2) is 33.9 Å². The molecule has 2 heterocycles. The van der Waals surface area contributed by atoms with Gasteiger partial charge in [-0.3, -0.25) is 0 Å². The average molecular weight is 400 g/mol. The van der Waals surface area contributed by atoms with Gasteiger partial charge < -0.3 is 14.9 Å². The largest absolute Gasteiger partial charge is 0.462 e. The Kier molecular flexibility index (Phi) is 5.78. The maximum atomic E-state index is 12.1. The zero-order chi connectivity index (χ0) is 19.4. The minimum Gasteiger partial charge on any atom is -0.462 e. The van der Waals surface area contributed by atoms with Crippen molar-refractivity contribution >= 4 is 34.1 Å². The minimum absolute atomic E-state index is 0.245. The number of rotatable bonds is 6. The van der Waals surface area contributed by atoms with Crippen molar-refractivity contribution in [2.45, 2.75) is 24.8 Å². The van der Waals surface area contributed by atoms with E-state index in [1.165, 1.54) is 11.8 Å². The fourth-order valence-corrected chi connectivity index (χ4v) is 4.25. The molecule has 0 radical (unpaired) electrons. The van der Waals surface area contributed by atoms with Crippen LogP contribution in [0.5, 0.6) is 0 Å². The number of thioether (sulfide) groups is 1. The Bertz CT molecular complexity index is 1020. The van der Waals surface area contributed by atoms with Crippen LogP contribution >= 0.6 is 23.1 Å². The number of aromatic nitrogens is 2. The molecule has 1 aromatic carbocycles. The molecule has 3 rings (SSSR count). The molecule has 27 heavy (non-hydrogen) atoms. The number of hydrogen-bond acceptors (Lipinski definition) is 9. The second kappa shape index (κ2) is 8.24. The highest BCUT2D eigenvalue weighted by molar-refractivity contribution is 7.98. The molecular formula is C18H16N4O3S2. The summed E-state index contributed by atoms with van der Waals surface area (Å²) in [4.78, 5) is 12.5. The first-order valence-electron chi connectivity index (χ1n) is 8.05. The molecule has 0 aliphatic carbocycles. The Labute approximate surface area is 164 Å². The summed E-state index contributed by atoms with van der Waals surface area (Å²) in [5.74, 6) is 0.226. The number of carbonyl (C=O) groups excluding carboxylic acids is 1. The SMILES string of the molecule is CCOC(=O)c1sc(N)c(C#N)c1CSc1nnc(-c2ccccc2C)o1. The van der Waals surface area contributed by atoms with Crippen molar-refractivity contribution in [3.8, 4) is 17.5 Å². The normalized spacial score (nSPS) is 10.6. The van der Waals surface area contributed by atoms with Gasteiger partial charge >= 0.3 is 5.97 Å². The third-order valence-corrected chi connectivity index (χ3v) is 5.62. The average Bonchev–Trinajstić information content (AvgIpc) is 3.24. The summed E-state index contributed by atoms with van der Waals surface area (Å²) in [5, 5.41) is 18.1. The maximum Gasteiger partial charge on any atom is 0.348 e. The highest BCUT2D eigenvalue weighted by atomic mass is 32.2. The number of aryl methyl sites for hydroxylation is 1. The first-order valence-corrected chi connectivity index (χ1v) is 9.86. The fraction of sp³-hybridized carbons (Fsp3) is 0.222. The molecule has 2 N–H and O–H groups in total. The molecule has 0 aliphatic heterocycles. The van der Waals surface area contributed by atoms with Crippen LogP contribution in [0.2, 0.25) is 0 Å². The molecule has 0 fully saturated rings. The number of carbonyl (C=O) groups is 1. The van der Waals surface area contributed by atoms with Crippen LogP contribution in [0.3, 0.4) is 0 Å². The maximum absolute atomic E-state index is 12.1. The lowest BCUT2D eigenvalue weighted by Gasteiger charge is -2.03. The lowest BCUT2D eigenvalue weighted by molar-refractivity contribution is 0.0531. The van der Waals surface area contributed by atoms with Gasteiger partial charge in [-0.1, -0.05) is 30.0 Å². The van der Waals surface area contributed by atoms with Gasteiger partial charge in [0.05, 0.1) is 12.2 Å². The van der Waals surface area contributed by atoms with Gasteiger partial charge in [-0.2, -0.15) is 5.26 Å². The Morgan fingerprint density at radius 1 is 1.41 bits per heavy atom. The lowest BCUT2D eigenvalue weighted by atomic mass is 10.1. The molecule has 2 aromatic heterocycles. The highest BCUT2D eigenvalue weighted by Crippen LogP contribution is 2.36. The number of ether oxygens (including phenoxy) is 1. The number of nitrogens with zero attached hydrogens (tertiary/aromatic N) is 3. The Hall–Kier alpha value is -2.83. The highest BCUT2D eigenvalue weighted by Gasteiger charge is 2.23. The van der Waals surface area contributed by atoms with Crippen LogP contribution in [-0.2, 0) is 10.5 Å². The van der Waals surface area contributed by atoms with Crippen molar-refractivity contribution < 1.29 is 13.9 Å². The van der Waals surface area contributed by atoms with E-state index in [0.29, 0.717) is 32.3 Å². The van der Waals surface area contributed by atoms with Gasteiger partial charge in [0.15, 0.2) is 0 Å². The minimum atomic E-state index is -0.488. The zero-order valence-electron chi connectivity index (χ0n) is 14.7. The number of nitriles is 1. The van der Waals surface area contributed by atoms with E-state index >= 15 is 0 Å². The summed E-state index contributed by atoms with van der Waals surface area (Å²) in [6.45, 7) is 3.93. The van der Waals surface area contributed by atoms with E-state index in [0.717, 1.165) is 22.5 Å². The van der Waals surface area contributed by atoms with Crippen LogP contribution in [0.4, 0.5) is 5.00 Å². The Balaban J connectivity index is 1.83. The molecule has 9 heteroatoms. The van der Waals surface area contributed by atoms with Gasteiger partial charge in [0, 0.05) is 16.9 Å². The molecule has 7 nitrogen and oxygen atoms in total. The van der Waals surface area contributed by atoms with Gasteiger partial charge in [0.1, 0.15) is 15.9 Å².